The molecule has 0 fully saturated rings. The van der Waals surface area contributed by atoms with Crippen LogP contribution in [-0.4, -0.2) is 37.8 Å². The molecule has 0 aliphatic carbocycles. The Kier molecular flexibility index (Phi) is 6.65. The smallest absolute Gasteiger partial charge is 0.288 e. The van der Waals surface area contributed by atoms with Crippen molar-refractivity contribution in [2.75, 3.05) is 13.2 Å². The second kappa shape index (κ2) is 9.31. The second-order valence-corrected chi connectivity index (χ2v) is 4.39. The van der Waals surface area contributed by atoms with Crippen molar-refractivity contribution < 1.29 is 9.53 Å². The van der Waals surface area contributed by atoms with Gasteiger partial charge in [0.25, 0.3) is 5.91 Å². The van der Waals surface area contributed by atoms with Gasteiger partial charge in [0, 0.05) is 24.2 Å². The summed E-state index contributed by atoms with van der Waals surface area (Å²) < 4.78 is 5.41. The van der Waals surface area contributed by atoms with Gasteiger partial charge in [0.2, 0.25) is 0 Å². The number of hydrogen-bond donors (Lipinski definition) is 0. The van der Waals surface area contributed by atoms with Gasteiger partial charge in [-0.2, -0.15) is 0 Å². The number of aliphatic imine (C=N–C) groups is 3. The first-order valence-electron chi connectivity index (χ1n) is 6.98. The Morgan fingerprint density at radius 1 is 1.05 bits per heavy atom. The maximum atomic E-state index is 11.6. The molecule has 0 radical (unpaired) electrons. The lowest BCUT2D eigenvalue weighted by molar-refractivity contribution is -0.111. The van der Waals surface area contributed by atoms with Crippen LogP contribution in [-0.2, 0) is 9.53 Å². The standard InChI is InChI=1S/C17H17N3O2/c21-17-14-18-9-3-5-11-22-12-6-4-10-19-16-8-2-1-7-15(16)13-20-17/h1-4,6-10,13-14H,5,11-12H2/b6-4-,9-3-,18-14?,19-10?,20-13?. The van der Waals surface area contributed by atoms with Crippen LogP contribution in [0.3, 0.4) is 0 Å². The Morgan fingerprint density at radius 3 is 2.91 bits per heavy atom. The molecule has 5 heteroatoms. The second-order valence-electron chi connectivity index (χ2n) is 4.39. The molecular formula is C17H17N3O2. The van der Waals surface area contributed by atoms with Crippen LogP contribution in [0.25, 0.3) is 0 Å². The van der Waals surface area contributed by atoms with Gasteiger partial charge in [-0.15, -0.1) is 0 Å². The fourth-order valence-corrected chi connectivity index (χ4v) is 1.67. The number of benzene rings is 1. The number of nitrogens with zero attached hydrogens (tertiary/aromatic N) is 3. The van der Waals surface area contributed by atoms with Crippen LogP contribution in [0.15, 0.2) is 63.7 Å². The zero-order valence-corrected chi connectivity index (χ0v) is 12.1. The van der Waals surface area contributed by atoms with E-state index in [2.05, 4.69) is 15.0 Å². The van der Waals surface area contributed by atoms with Crippen molar-refractivity contribution in [1.82, 2.24) is 0 Å². The van der Waals surface area contributed by atoms with Crippen LogP contribution in [0.1, 0.15) is 12.0 Å². The van der Waals surface area contributed by atoms with Gasteiger partial charge >= 0.3 is 0 Å². The summed E-state index contributed by atoms with van der Waals surface area (Å²) in [4.78, 5) is 23.7. The van der Waals surface area contributed by atoms with Gasteiger partial charge < -0.3 is 4.74 Å². The van der Waals surface area contributed by atoms with Crippen LogP contribution in [0.5, 0.6) is 0 Å². The highest BCUT2D eigenvalue weighted by molar-refractivity contribution is 6.28. The summed E-state index contributed by atoms with van der Waals surface area (Å²) in [5, 5.41) is 0. The van der Waals surface area contributed by atoms with Crippen LogP contribution >= 0.6 is 0 Å². The Balaban J connectivity index is 2.20. The summed E-state index contributed by atoms with van der Waals surface area (Å²) >= 11 is 0. The predicted octanol–water partition coefficient (Wildman–Crippen LogP) is 2.90. The number of fused-ring (bicyclic) bond motifs is 1. The highest BCUT2D eigenvalue weighted by Crippen LogP contribution is 2.16. The van der Waals surface area contributed by atoms with E-state index in [1.807, 2.05) is 42.5 Å². The number of hydrogen-bond acceptors (Lipinski definition) is 4. The Bertz CT molecular complexity index is 643. The quantitative estimate of drug-likeness (QED) is 0.738. The largest absolute Gasteiger partial charge is 0.377 e. The fourth-order valence-electron chi connectivity index (χ4n) is 1.67. The predicted molar refractivity (Wildman–Crippen MR) is 89.4 cm³/mol. The van der Waals surface area contributed by atoms with Crippen molar-refractivity contribution in [3.63, 3.8) is 0 Å². The van der Waals surface area contributed by atoms with E-state index >= 15 is 0 Å². The molecule has 2 rings (SSSR count). The van der Waals surface area contributed by atoms with Gasteiger partial charge in [0.15, 0.2) is 0 Å². The van der Waals surface area contributed by atoms with E-state index in [9.17, 15) is 4.79 Å². The van der Waals surface area contributed by atoms with Crippen LogP contribution in [0.2, 0.25) is 0 Å². The minimum absolute atomic E-state index is 0.413. The lowest BCUT2D eigenvalue weighted by Gasteiger charge is -1.98. The van der Waals surface area contributed by atoms with E-state index in [0.29, 0.717) is 13.2 Å². The topological polar surface area (TPSA) is 63.4 Å². The Labute approximate surface area is 129 Å². The summed E-state index contributed by atoms with van der Waals surface area (Å²) in [6.07, 6.45) is 12.2. The molecule has 22 heavy (non-hydrogen) atoms. The summed E-state index contributed by atoms with van der Waals surface area (Å²) in [7, 11) is 0. The zero-order valence-electron chi connectivity index (χ0n) is 12.1. The number of rotatable bonds is 0. The van der Waals surface area contributed by atoms with E-state index in [1.165, 1.54) is 12.4 Å². The van der Waals surface area contributed by atoms with Crippen molar-refractivity contribution in [1.29, 1.82) is 0 Å². The number of amides is 1. The summed E-state index contributed by atoms with van der Waals surface area (Å²) in [6.45, 7) is 1.13. The number of carbonyl (C=O) groups excluding carboxylic acids is 1. The Hall–Kier alpha value is -2.66. The van der Waals surface area contributed by atoms with E-state index in [4.69, 9.17) is 4.74 Å². The van der Waals surface area contributed by atoms with Crippen LogP contribution in [0.4, 0.5) is 5.69 Å². The van der Waals surface area contributed by atoms with E-state index in [-0.39, 0.29) is 0 Å². The molecule has 5 nitrogen and oxygen atoms in total. The first-order chi connectivity index (χ1) is 10.9. The molecule has 1 aliphatic heterocycles. The third-order valence-corrected chi connectivity index (χ3v) is 2.72. The number of carbonyl (C=O) groups is 1. The third kappa shape index (κ3) is 5.76. The highest BCUT2D eigenvalue weighted by Gasteiger charge is 1.97. The summed E-state index contributed by atoms with van der Waals surface area (Å²) in [5.41, 5.74) is 1.51. The first kappa shape index (κ1) is 15.7. The minimum atomic E-state index is -0.413. The van der Waals surface area contributed by atoms with Crippen molar-refractivity contribution in [3.8, 4) is 0 Å². The molecule has 0 unspecified atom stereocenters. The molecule has 1 aliphatic rings. The van der Waals surface area contributed by atoms with Gasteiger partial charge in [0.1, 0.15) is 0 Å². The van der Waals surface area contributed by atoms with Gasteiger partial charge in [-0.05, 0) is 18.6 Å². The fraction of sp³-hybridized carbons (Fsp3) is 0.176. The van der Waals surface area contributed by atoms with E-state index < -0.39 is 5.91 Å². The highest BCUT2D eigenvalue weighted by atomic mass is 16.5. The normalized spacial score (nSPS) is 19.4. The molecule has 0 bridgehead atoms. The maximum Gasteiger partial charge on any atom is 0.288 e. The molecule has 1 heterocycles. The van der Waals surface area contributed by atoms with Gasteiger partial charge in [-0.3, -0.25) is 14.8 Å². The summed E-state index contributed by atoms with van der Waals surface area (Å²) in [5.74, 6) is -0.413. The molecule has 0 spiro atoms. The van der Waals surface area contributed by atoms with Crippen LogP contribution < -0.4 is 0 Å². The van der Waals surface area contributed by atoms with Crippen molar-refractivity contribution in [3.05, 3.63) is 54.3 Å². The monoisotopic (exact) mass is 295 g/mol. The first-order valence-corrected chi connectivity index (χ1v) is 6.98. The van der Waals surface area contributed by atoms with E-state index in [1.54, 1.807) is 12.4 Å². The average molecular weight is 295 g/mol. The SMILES string of the molecule is O=C1C=N/C=C\CCOC/C=C\C=Nc2ccccc2C=N1. The van der Waals surface area contributed by atoms with Gasteiger partial charge in [-0.1, -0.05) is 30.4 Å². The van der Waals surface area contributed by atoms with Gasteiger partial charge in [0.05, 0.1) is 25.1 Å². The van der Waals surface area contributed by atoms with Gasteiger partial charge in [-0.25, -0.2) is 4.99 Å². The zero-order chi connectivity index (χ0) is 15.5. The Morgan fingerprint density at radius 2 is 1.95 bits per heavy atom. The number of ether oxygens (including phenoxy) is 1. The molecule has 0 saturated carbocycles. The molecule has 1 aromatic carbocycles. The van der Waals surface area contributed by atoms with Crippen molar-refractivity contribution in [2.45, 2.75) is 6.42 Å². The van der Waals surface area contributed by atoms with E-state index in [0.717, 1.165) is 17.7 Å². The van der Waals surface area contributed by atoms with Crippen LogP contribution in [0, 0.1) is 0 Å². The number of allylic oxidation sites excluding steroid dienone is 1. The molecule has 1 amide bonds. The molecular weight excluding hydrogens is 278 g/mol. The molecule has 0 aromatic heterocycles. The number of para-hydroxylation sites is 1. The maximum absolute atomic E-state index is 11.6. The van der Waals surface area contributed by atoms with Crippen molar-refractivity contribution >= 4 is 30.2 Å². The minimum Gasteiger partial charge on any atom is -0.377 e. The third-order valence-electron chi connectivity index (χ3n) is 2.72. The molecule has 1 aromatic rings. The lowest BCUT2D eigenvalue weighted by atomic mass is 10.2. The molecule has 0 saturated heterocycles. The average Bonchev–Trinajstić information content (AvgIpc) is 2.54. The van der Waals surface area contributed by atoms with Crippen molar-refractivity contribution in [2.24, 2.45) is 15.0 Å². The molecule has 112 valence electrons. The molecule has 0 atom stereocenters. The molecule has 0 N–H and O–H groups in total. The lowest BCUT2D eigenvalue weighted by Crippen LogP contribution is -1.95. The summed E-state index contributed by atoms with van der Waals surface area (Å²) in [6, 6.07) is 7.46.